The monoisotopic (exact) mass is 184 g/mol. The minimum absolute atomic E-state index is 0.194. The summed E-state index contributed by atoms with van der Waals surface area (Å²) in [6.07, 6.45) is 0. The molecule has 0 bridgehead atoms. The smallest absolute Gasteiger partial charge is 0.128 e. The van der Waals surface area contributed by atoms with Gasteiger partial charge in [0.25, 0.3) is 0 Å². The highest BCUT2D eigenvalue weighted by Gasteiger charge is 1.97. The van der Waals surface area contributed by atoms with Crippen molar-refractivity contribution >= 4 is 0 Å². The molecular formula is C11H17FO. The van der Waals surface area contributed by atoms with Gasteiger partial charge < -0.3 is 4.74 Å². The second kappa shape index (κ2) is 7.74. The van der Waals surface area contributed by atoms with Crippen LogP contribution in [0.4, 0.5) is 4.39 Å². The fraction of sp³-hybridized carbons (Fsp3) is 0.455. The Hall–Kier alpha value is -0.890. The lowest BCUT2D eigenvalue weighted by atomic mass is 10.2. The maximum atomic E-state index is 12.8. The van der Waals surface area contributed by atoms with E-state index in [9.17, 15) is 4.39 Å². The van der Waals surface area contributed by atoms with Gasteiger partial charge in [-0.05, 0) is 13.0 Å². The van der Waals surface area contributed by atoms with E-state index in [2.05, 4.69) is 0 Å². The molecule has 2 heteroatoms. The van der Waals surface area contributed by atoms with Crippen molar-refractivity contribution in [2.24, 2.45) is 0 Å². The first kappa shape index (κ1) is 12.1. The van der Waals surface area contributed by atoms with Crippen molar-refractivity contribution in [1.29, 1.82) is 0 Å². The lowest BCUT2D eigenvalue weighted by Gasteiger charge is -2.01. The van der Waals surface area contributed by atoms with Crippen molar-refractivity contribution in [3.63, 3.8) is 0 Å². The van der Waals surface area contributed by atoms with Crippen LogP contribution in [0, 0.1) is 5.82 Å². The lowest BCUT2D eigenvalue weighted by Crippen LogP contribution is -1.94. The van der Waals surface area contributed by atoms with Crippen LogP contribution in [0.2, 0.25) is 0 Å². The van der Waals surface area contributed by atoms with E-state index in [4.69, 9.17) is 4.74 Å². The highest BCUT2D eigenvalue weighted by molar-refractivity contribution is 5.16. The summed E-state index contributed by atoms with van der Waals surface area (Å²) < 4.78 is 17.9. The standard InChI is InChI=1S/C9H11FO.C2H6/c1-2-11-7-8-5-3-4-6-9(8)10;1-2/h3-6H,2,7H2,1H3;1-2H3. The Bertz CT molecular complexity index is 223. The van der Waals surface area contributed by atoms with Crippen LogP contribution < -0.4 is 0 Å². The third-order valence-electron chi connectivity index (χ3n) is 1.42. The number of hydrogen-bond donors (Lipinski definition) is 0. The van der Waals surface area contributed by atoms with E-state index in [0.717, 1.165) is 0 Å². The Balaban J connectivity index is 0.000000671. The molecule has 0 fully saturated rings. The van der Waals surface area contributed by atoms with Crippen molar-refractivity contribution in [2.45, 2.75) is 27.4 Å². The van der Waals surface area contributed by atoms with Crippen LogP contribution in [-0.2, 0) is 11.3 Å². The zero-order valence-electron chi connectivity index (χ0n) is 8.51. The molecule has 0 heterocycles. The topological polar surface area (TPSA) is 9.23 Å². The molecule has 0 N–H and O–H groups in total. The van der Waals surface area contributed by atoms with Crippen molar-refractivity contribution in [2.75, 3.05) is 6.61 Å². The minimum atomic E-state index is -0.194. The van der Waals surface area contributed by atoms with Gasteiger partial charge in [0.15, 0.2) is 0 Å². The van der Waals surface area contributed by atoms with Crippen molar-refractivity contribution in [3.05, 3.63) is 35.6 Å². The van der Waals surface area contributed by atoms with Gasteiger partial charge in [-0.15, -0.1) is 0 Å². The summed E-state index contributed by atoms with van der Waals surface area (Å²) in [6, 6.07) is 6.64. The number of benzene rings is 1. The zero-order valence-corrected chi connectivity index (χ0v) is 8.51. The van der Waals surface area contributed by atoms with Gasteiger partial charge in [-0.3, -0.25) is 0 Å². The fourth-order valence-corrected chi connectivity index (χ4v) is 0.827. The Morgan fingerprint density at radius 2 is 1.85 bits per heavy atom. The molecular weight excluding hydrogens is 167 g/mol. The molecule has 74 valence electrons. The molecule has 1 aromatic rings. The SMILES string of the molecule is CC.CCOCc1ccccc1F. The molecule has 0 aliphatic rings. The molecule has 0 aliphatic heterocycles. The first-order chi connectivity index (χ1) is 6.34. The van der Waals surface area contributed by atoms with E-state index in [0.29, 0.717) is 18.8 Å². The minimum Gasteiger partial charge on any atom is -0.377 e. The molecule has 1 aromatic carbocycles. The Kier molecular flexibility index (Phi) is 7.21. The van der Waals surface area contributed by atoms with E-state index in [1.807, 2.05) is 20.8 Å². The molecule has 0 spiro atoms. The van der Waals surface area contributed by atoms with Crippen LogP contribution in [0.15, 0.2) is 24.3 Å². The number of halogens is 1. The quantitative estimate of drug-likeness (QED) is 0.699. The molecule has 0 atom stereocenters. The van der Waals surface area contributed by atoms with Crippen LogP contribution in [0.1, 0.15) is 26.3 Å². The number of hydrogen-bond acceptors (Lipinski definition) is 1. The molecule has 13 heavy (non-hydrogen) atoms. The average molecular weight is 184 g/mol. The molecule has 0 aliphatic carbocycles. The molecule has 0 saturated carbocycles. The molecule has 0 amide bonds. The fourth-order valence-electron chi connectivity index (χ4n) is 0.827. The van der Waals surface area contributed by atoms with Gasteiger partial charge in [-0.2, -0.15) is 0 Å². The van der Waals surface area contributed by atoms with E-state index >= 15 is 0 Å². The maximum Gasteiger partial charge on any atom is 0.128 e. The van der Waals surface area contributed by atoms with Gasteiger partial charge in [-0.25, -0.2) is 4.39 Å². The Labute approximate surface area is 79.5 Å². The summed E-state index contributed by atoms with van der Waals surface area (Å²) in [7, 11) is 0. The van der Waals surface area contributed by atoms with E-state index in [1.54, 1.807) is 18.2 Å². The molecule has 0 radical (unpaired) electrons. The Morgan fingerprint density at radius 3 is 2.38 bits per heavy atom. The van der Waals surface area contributed by atoms with Crippen LogP contribution >= 0.6 is 0 Å². The average Bonchev–Trinajstić information content (AvgIpc) is 2.20. The van der Waals surface area contributed by atoms with Crippen LogP contribution in [0.5, 0.6) is 0 Å². The summed E-state index contributed by atoms with van der Waals surface area (Å²) in [5, 5.41) is 0. The van der Waals surface area contributed by atoms with Gasteiger partial charge in [0.1, 0.15) is 5.82 Å². The van der Waals surface area contributed by atoms with Gasteiger partial charge >= 0.3 is 0 Å². The van der Waals surface area contributed by atoms with Gasteiger partial charge in [0, 0.05) is 12.2 Å². The summed E-state index contributed by atoms with van der Waals surface area (Å²) in [5.74, 6) is -0.194. The van der Waals surface area contributed by atoms with Gasteiger partial charge in [-0.1, -0.05) is 32.0 Å². The molecule has 0 aromatic heterocycles. The summed E-state index contributed by atoms with van der Waals surface area (Å²) in [4.78, 5) is 0. The highest BCUT2D eigenvalue weighted by Crippen LogP contribution is 2.06. The first-order valence-electron chi connectivity index (χ1n) is 4.65. The van der Waals surface area contributed by atoms with Crippen LogP contribution in [-0.4, -0.2) is 6.61 Å². The second-order valence-corrected chi connectivity index (χ2v) is 2.23. The third-order valence-corrected chi connectivity index (χ3v) is 1.42. The van der Waals surface area contributed by atoms with Crippen LogP contribution in [0.25, 0.3) is 0 Å². The van der Waals surface area contributed by atoms with Crippen molar-refractivity contribution in [3.8, 4) is 0 Å². The summed E-state index contributed by atoms with van der Waals surface area (Å²) in [5.41, 5.74) is 0.620. The normalized spacial score (nSPS) is 8.92. The zero-order chi connectivity index (χ0) is 10.1. The van der Waals surface area contributed by atoms with Crippen molar-refractivity contribution < 1.29 is 9.13 Å². The predicted octanol–water partition coefficient (Wildman–Crippen LogP) is 3.39. The number of ether oxygens (including phenoxy) is 1. The lowest BCUT2D eigenvalue weighted by molar-refractivity contribution is 0.131. The second-order valence-electron chi connectivity index (χ2n) is 2.23. The predicted molar refractivity (Wildman–Crippen MR) is 53.1 cm³/mol. The molecule has 0 unspecified atom stereocenters. The first-order valence-corrected chi connectivity index (χ1v) is 4.65. The van der Waals surface area contributed by atoms with Gasteiger partial charge in [0.2, 0.25) is 0 Å². The third kappa shape index (κ3) is 4.63. The number of rotatable bonds is 3. The van der Waals surface area contributed by atoms with E-state index in [-0.39, 0.29) is 5.82 Å². The Morgan fingerprint density at radius 1 is 1.23 bits per heavy atom. The largest absolute Gasteiger partial charge is 0.377 e. The van der Waals surface area contributed by atoms with Crippen LogP contribution in [0.3, 0.4) is 0 Å². The molecule has 1 nitrogen and oxygen atoms in total. The van der Waals surface area contributed by atoms with Gasteiger partial charge in [0.05, 0.1) is 6.61 Å². The summed E-state index contributed by atoms with van der Waals surface area (Å²) in [6.45, 7) is 6.87. The molecule has 1 rings (SSSR count). The van der Waals surface area contributed by atoms with Crippen molar-refractivity contribution in [1.82, 2.24) is 0 Å². The highest BCUT2D eigenvalue weighted by atomic mass is 19.1. The molecule has 0 saturated heterocycles. The van der Waals surface area contributed by atoms with E-state index < -0.39 is 0 Å². The maximum absolute atomic E-state index is 12.8. The summed E-state index contributed by atoms with van der Waals surface area (Å²) >= 11 is 0. The van der Waals surface area contributed by atoms with E-state index in [1.165, 1.54) is 6.07 Å².